The number of fused-ring (bicyclic) bond motifs is 1. The van der Waals surface area contributed by atoms with Crippen molar-refractivity contribution in [2.75, 3.05) is 39.3 Å². The minimum Gasteiger partial charge on any atom is -0.467 e. The zero-order valence-corrected chi connectivity index (χ0v) is 12.6. The third-order valence-electron chi connectivity index (χ3n) is 3.92. The molecule has 1 aliphatic carbocycles. The lowest BCUT2D eigenvalue weighted by molar-refractivity contribution is -0.0174. The first-order valence-corrected chi connectivity index (χ1v) is 7.60. The summed E-state index contributed by atoms with van der Waals surface area (Å²) < 4.78 is 16.6. The minimum atomic E-state index is 0.318. The van der Waals surface area contributed by atoms with Crippen molar-refractivity contribution < 1.29 is 14.2 Å². The van der Waals surface area contributed by atoms with Crippen LogP contribution < -0.4 is 10.5 Å². The van der Waals surface area contributed by atoms with Crippen LogP contribution in [0.15, 0.2) is 12.1 Å². The third kappa shape index (κ3) is 4.09. The Balaban J connectivity index is 1.54. The van der Waals surface area contributed by atoms with Crippen LogP contribution in [0.5, 0.6) is 5.75 Å². The average molecular weight is 292 g/mol. The molecule has 1 aliphatic heterocycles. The van der Waals surface area contributed by atoms with Gasteiger partial charge in [-0.25, -0.2) is 0 Å². The quantitative estimate of drug-likeness (QED) is 0.615. The van der Waals surface area contributed by atoms with Gasteiger partial charge in [0, 0.05) is 36.5 Å². The van der Waals surface area contributed by atoms with Crippen LogP contribution in [0.3, 0.4) is 0 Å². The number of hydrogen-bond acceptors (Lipinski definition) is 5. The van der Waals surface area contributed by atoms with Gasteiger partial charge >= 0.3 is 0 Å². The molecular weight excluding hydrogens is 268 g/mol. The molecule has 0 unspecified atom stereocenters. The summed E-state index contributed by atoms with van der Waals surface area (Å²) in [4.78, 5) is 2.24. The molecule has 0 aromatic heterocycles. The van der Waals surface area contributed by atoms with Crippen LogP contribution in [0, 0.1) is 5.92 Å². The fourth-order valence-corrected chi connectivity index (χ4v) is 2.57. The SMILES string of the molecule is CN(CCOCC1CC1)Cc1cc(N)cc2c1OCOC2. The number of ether oxygens (including phenoxy) is 3. The molecule has 5 heteroatoms. The van der Waals surface area contributed by atoms with E-state index >= 15 is 0 Å². The molecule has 1 aromatic rings. The van der Waals surface area contributed by atoms with Gasteiger partial charge in [0.25, 0.3) is 0 Å². The Kier molecular flexibility index (Phi) is 4.63. The smallest absolute Gasteiger partial charge is 0.189 e. The van der Waals surface area contributed by atoms with E-state index in [9.17, 15) is 0 Å². The third-order valence-corrected chi connectivity index (χ3v) is 3.92. The number of nitrogens with zero attached hydrogens (tertiary/aromatic N) is 1. The summed E-state index contributed by atoms with van der Waals surface area (Å²) in [5.74, 6) is 1.76. The van der Waals surface area contributed by atoms with E-state index in [1.54, 1.807) is 0 Å². The highest BCUT2D eigenvalue weighted by molar-refractivity contribution is 5.53. The summed E-state index contributed by atoms with van der Waals surface area (Å²) in [6.07, 6.45) is 2.68. The molecule has 0 spiro atoms. The maximum absolute atomic E-state index is 5.97. The van der Waals surface area contributed by atoms with Crippen molar-refractivity contribution in [2.45, 2.75) is 26.0 Å². The van der Waals surface area contributed by atoms with Crippen LogP contribution in [-0.4, -0.2) is 38.5 Å². The van der Waals surface area contributed by atoms with Gasteiger partial charge in [0.1, 0.15) is 5.75 Å². The second-order valence-electron chi connectivity index (χ2n) is 6.04. The normalized spacial score (nSPS) is 17.6. The van der Waals surface area contributed by atoms with E-state index in [0.717, 1.165) is 54.8 Å². The summed E-state index contributed by atoms with van der Waals surface area (Å²) in [6, 6.07) is 3.92. The number of rotatable bonds is 7. The number of benzene rings is 1. The van der Waals surface area contributed by atoms with Crippen LogP contribution in [0.2, 0.25) is 0 Å². The van der Waals surface area contributed by atoms with E-state index in [1.807, 2.05) is 12.1 Å². The number of nitrogen functional groups attached to an aromatic ring is 1. The lowest BCUT2D eigenvalue weighted by Gasteiger charge is -2.24. The summed E-state index contributed by atoms with van der Waals surface area (Å²) in [6.45, 7) is 4.30. The van der Waals surface area contributed by atoms with Crippen molar-refractivity contribution in [1.82, 2.24) is 4.90 Å². The monoisotopic (exact) mass is 292 g/mol. The maximum atomic E-state index is 5.97. The number of anilines is 1. The molecule has 2 aliphatic rings. The van der Waals surface area contributed by atoms with E-state index in [0.29, 0.717) is 13.4 Å². The molecule has 5 nitrogen and oxygen atoms in total. The van der Waals surface area contributed by atoms with Gasteiger partial charge in [-0.3, -0.25) is 4.90 Å². The zero-order chi connectivity index (χ0) is 14.7. The zero-order valence-electron chi connectivity index (χ0n) is 12.6. The summed E-state index contributed by atoms with van der Waals surface area (Å²) >= 11 is 0. The molecule has 3 rings (SSSR count). The van der Waals surface area contributed by atoms with Gasteiger partial charge in [0.05, 0.1) is 13.2 Å². The molecule has 0 atom stereocenters. The molecule has 0 bridgehead atoms. The Morgan fingerprint density at radius 1 is 1.38 bits per heavy atom. The van der Waals surface area contributed by atoms with Crippen LogP contribution in [0.1, 0.15) is 24.0 Å². The van der Waals surface area contributed by atoms with Crippen LogP contribution in [0.4, 0.5) is 5.69 Å². The molecule has 0 amide bonds. The topological polar surface area (TPSA) is 57.0 Å². The molecule has 2 N–H and O–H groups in total. The van der Waals surface area contributed by atoms with Crippen molar-refractivity contribution >= 4 is 5.69 Å². The van der Waals surface area contributed by atoms with Gasteiger partial charge in [0.2, 0.25) is 0 Å². The molecule has 1 fully saturated rings. The Labute approximate surface area is 126 Å². The first kappa shape index (κ1) is 14.6. The average Bonchev–Trinajstić information content (AvgIpc) is 3.27. The van der Waals surface area contributed by atoms with Crippen molar-refractivity contribution in [3.05, 3.63) is 23.3 Å². The van der Waals surface area contributed by atoms with E-state index in [-0.39, 0.29) is 0 Å². The molecule has 1 saturated carbocycles. The van der Waals surface area contributed by atoms with Crippen LogP contribution in [0.25, 0.3) is 0 Å². The van der Waals surface area contributed by atoms with Crippen molar-refractivity contribution in [3.8, 4) is 5.75 Å². The van der Waals surface area contributed by atoms with Crippen LogP contribution >= 0.6 is 0 Å². The van der Waals surface area contributed by atoms with Gasteiger partial charge in [-0.05, 0) is 37.9 Å². The number of hydrogen-bond donors (Lipinski definition) is 1. The lowest BCUT2D eigenvalue weighted by Crippen LogP contribution is -2.24. The highest BCUT2D eigenvalue weighted by Gasteiger charge is 2.21. The largest absolute Gasteiger partial charge is 0.467 e. The first-order chi connectivity index (χ1) is 10.2. The fraction of sp³-hybridized carbons (Fsp3) is 0.625. The van der Waals surface area contributed by atoms with E-state index in [1.165, 1.54) is 12.8 Å². The van der Waals surface area contributed by atoms with Gasteiger partial charge in [0.15, 0.2) is 6.79 Å². The highest BCUT2D eigenvalue weighted by Crippen LogP contribution is 2.31. The molecule has 0 radical (unpaired) electrons. The molecule has 116 valence electrons. The van der Waals surface area contributed by atoms with Gasteiger partial charge < -0.3 is 19.9 Å². The Hall–Kier alpha value is -1.30. The standard InChI is InChI=1S/C16H24N2O3/c1-18(4-5-19-9-12-2-3-12)8-13-6-15(17)7-14-10-20-11-21-16(13)14/h6-7,12H,2-5,8-11,17H2,1H3. The van der Waals surface area contributed by atoms with Crippen LogP contribution in [-0.2, 0) is 22.6 Å². The van der Waals surface area contributed by atoms with Gasteiger partial charge in [-0.1, -0.05) is 0 Å². The first-order valence-electron chi connectivity index (χ1n) is 7.60. The number of nitrogens with two attached hydrogens (primary N) is 1. The van der Waals surface area contributed by atoms with Crippen molar-refractivity contribution in [1.29, 1.82) is 0 Å². The Morgan fingerprint density at radius 3 is 3.05 bits per heavy atom. The minimum absolute atomic E-state index is 0.318. The molecule has 21 heavy (non-hydrogen) atoms. The maximum Gasteiger partial charge on any atom is 0.189 e. The summed E-state index contributed by atoms with van der Waals surface area (Å²) in [5, 5.41) is 0. The Bertz CT molecular complexity index is 489. The van der Waals surface area contributed by atoms with Gasteiger partial charge in [-0.2, -0.15) is 0 Å². The Morgan fingerprint density at radius 2 is 2.24 bits per heavy atom. The van der Waals surface area contributed by atoms with Gasteiger partial charge in [-0.15, -0.1) is 0 Å². The van der Waals surface area contributed by atoms with E-state index < -0.39 is 0 Å². The predicted molar refractivity (Wildman–Crippen MR) is 81.0 cm³/mol. The second kappa shape index (κ2) is 6.64. The van der Waals surface area contributed by atoms with Crippen molar-refractivity contribution in [3.63, 3.8) is 0 Å². The lowest BCUT2D eigenvalue weighted by atomic mass is 10.1. The van der Waals surface area contributed by atoms with E-state index in [2.05, 4.69) is 11.9 Å². The van der Waals surface area contributed by atoms with E-state index in [4.69, 9.17) is 19.9 Å². The summed E-state index contributed by atoms with van der Waals surface area (Å²) in [5.41, 5.74) is 8.89. The molecular formula is C16H24N2O3. The number of likely N-dealkylation sites (N-methyl/N-ethyl adjacent to an activating group) is 1. The fourth-order valence-electron chi connectivity index (χ4n) is 2.57. The highest BCUT2D eigenvalue weighted by atomic mass is 16.7. The molecule has 0 saturated heterocycles. The summed E-state index contributed by atoms with van der Waals surface area (Å²) in [7, 11) is 2.09. The second-order valence-corrected chi connectivity index (χ2v) is 6.04. The molecule has 1 heterocycles. The molecule has 1 aromatic carbocycles. The van der Waals surface area contributed by atoms with Crippen molar-refractivity contribution in [2.24, 2.45) is 5.92 Å². The predicted octanol–water partition coefficient (Wildman–Crippen LogP) is 1.99.